The Kier molecular flexibility index (Phi) is 6.71. The van der Waals surface area contributed by atoms with Crippen LogP contribution in [-0.4, -0.2) is 60.5 Å². The van der Waals surface area contributed by atoms with Crippen LogP contribution in [0.1, 0.15) is 65.7 Å². The van der Waals surface area contributed by atoms with Gasteiger partial charge in [-0.2, -0.15) is 10.2 Å². The monoisotopic (exact) mass is 418 g/mol. The van der Waals surface area contributed by atoms with Crippen LogP contribution in [0.15, 0.2) is 10.2 Å². The fraction of sp³-hybridized carbons (Fsp3) is 0.818. The molecular formula is C22H34N4O4. The maximum atomic E-state index is 12.8. The third-order valence-electron chi connectivity index (χ3n) is 6.30. The number of amides is 2. The van der Waals surface area contributed by atoms with Crippen LogP contribution in [0.3, 0.4) is 0 Å². The number of carbonyl (C=O) groups is 2. The second-order valence-corrected chi connectivity index (χ2v) is 9.66. The molecule has 0 aromatic rings. The van der Waals surface area contributed by atoms with E-state index in [-0.39, 0.29) is 23.5 Å². The van der Waals surface area contributed by atoms with Gasteiger partial charge in [0.2, 0.25) is 5.91 Å². The number of piperidine rings is 1. The van der Waals surface area contributed by atoms with Gasteiger partial charge >= 0.3 is 6.09 Å². The summed E-state index contributed by atoms with van der Waals surface area (Å²) < 4.78 is 11.1. The van der Waals surface area contributed by atoms with Crippen molar-refractivity contribution in [3.63, 3.8) is 0 Å². The minimum atomic E-state index is -0.548. The topological polar surface area (TPSA) is 92.6 Å². The van der Waals surface area contributed by atoms with Gasteiger partial charge in [-0.1, -0.05) is 0 Å². The van der Waals surface area contributed by atoms with Crippen LogP contribution in [-0.2, 0) is 14.3 Å². The van der Waals surface area contributed by atoms with Crippen molar-refractivity contribution < 1.29 is 19.1 Å². The SMILES string of the molecule is C#CCCC1(CCC(=O)NC2CN(C(=O)OC(C)(C)C)CCC23CCOCC3)N=N1. The number of ether oxygens (including phenoxy) is 2. The molecule has 2 saturated heterocycles. The third kappa shape index (κ3) is 5.72. The molecule has 3 aliphatic heterocycles. The zero-order chi connectivity index (χ0) is 21.8. The first-order valence-electron chi connectivity index (χ1n) is 10.9. The Labute approximate surface area is 179 Å². The molecule has 2 amide bonds. The zero-order valence-electron chi connectivity index (χ0n) is 18.4. The van der Waals surface area contributed by atoms with Crippen molar-refractivity contribution >= 4 is 12.0 Å². The smallest absolute Gasteiger partial charge is 0.410 e. The van der Waals surface area contributed by atoms with E-state index in [9.17, 15) is 9.59 Å². The van der Waals surface area contributed by atoms with Gasteiger partial charge in [0.15, 0.2) is 5.66 Å². The van der Waals surface area contributed by atoms with Gasteiger partial charge in [0.05, 0.1) is 6.04 Å². The molecule has 3 aliphatic rings. The first-order chi connectivity index (χ1) is 14.2. The van der Waals surface area contributed by atoms with E-state index in [0.717, 1.165) is 19.3 Å². The number of nitrogens with zero attached hydrogens (tertiary/aromatic N) is 3. The van der Waals surface area contributed by atoms with Gasteiger partial charge in [-0.3, -0.25) is 4.79 Å². The molecule has 30 heavy (non-hydrogen) atoms. The molecule has 0 bridgehead atoms. The Bertz CT molecular complexity index is 710. The summed E-state index contributed by atoms with van der Waals surface area (Å²) in [6.45, 7) is 8.04. The Balaban J connectivity index is 1.61. The van der Waals surface area contributed by atoms with Crippen molar-refractivity contribution in [1.29, 1.82) is 0 Å². The lowest BCUT2D eigenvalue weighted by Gasteiger charge is -2.49. The quantitative estimate of drug-likeness (QED) is 0.670. The first kappa shape index (κ1) is 22.5. The van der Waals surface area contributed by atoms with Gasteiger partial charge in [-0.25, -0.2) is 4.79 Å². The highest BCUT2D eigenvalue weighted by Crippen LogP contribution is 2.42. The van der Waals surface area contributed by atoms with Gasteiger partial charge in [-0.15, -0.1) is 12.3 Å². The van der Waals surface area contributed by atoms with Crippen LogP contribution in [0.5, 0.6) is 0 Å². The minimum Gasteiger partial charge on any atom is -0.444 e. The number of carbonyl (C=O) groups excluding carboxylic acids is 2. The summed E-state index contributed by atoms with van der Waals surface area (Å²) >= 11 is 0. The van der Waals surface area contributed by atoms with Crippen molar-refractivity contribution in [2.45, 2.75) is 83.0 Å². The third-order valence-corrected chi connectivity index (χ3v) is 6.30. The maximum absolute atomic E-state index is 12.8. The molecule has 166 valence electrons. The summed E-state index contributed by atoms with van der Waals surface area (Å²) in [5.41, 5.74) is -1.05. The Morgan fingerprint density at radius 1 is 1.23 bits per heavy atom. The summed E-state index contributed by atoms with van der Waals surface area (Å²) in [5.74, 6) is 2.57. The fourth-order valence-electron chi connectivity index (χ4n) is 4.35. The van der Waals surface area contributed by atoms with Gasteiger partial charge < -0.3 is 19.7 Å². The predicted molar refractivity (Wildman–Crippen MR) is 112 cm³/mol. The largest absolute Gasteiger partial charge is 0.444 e. The first-order valence-corrected chi connectivity index (χ1v) is 10.9. The summed E-state index contributed by atoms with van der Waals surface area (Å²) in [4.78, 5) is 27.1. The van der Waals surface area contributed by atoms with Crippen LogP contribution < -0.4 is 5.32 Å². The number of likely N-dealkylation sites (tertiary alicyclic amines) is 1. The van der Waals surface area contributed by atoms with Gasteiger partial charge in [-0.05, 0) is 45.4 Å². The zero-order valence-corrected chi connectivity index (χ0v) is 18.4. The normalized spacial score (nSPS) is 24.2. The van der Waals surface area contributed by atoms with E-state index >= 15 is 0 Å². The van der Waals surface area contributed by atoms with Crippen molar-refractivity contribution in [2.24, 2.45) is 15.6 Å². The molecule has 0 aliphatic carbocycles. The molecule has 0 aromatic carbocycles. The minimum absolute atomic E-state index is 0.0331. The highest BCUT2D eigenvalue weighted by molar-refractivity contribution is 5.76. The number of terminal acetylenes is 1. The van der Waals surface area contributed by atoms with E-state index < -0.39 is 11.3 Å². The van der Waals surface area contributed by atoms with Crippen LogP contribution >= 0.6 is 0 Å². The summed E-state index contributed by atoms with van der Waals surface area (Å²) in [6, 6.07) is -0.120. The van der Waals surface area contributed by atoms with Crippen LogP contribution in [0, 0.1) is 17.8 Å². The molecule has 3 heterocycles. The lowest BCUT2D eigenvalue weighted by molar-refractivity contribution is -0.125. The van der Waals surface area contributed by atoms with Crippen LogP contribution in [0.4, 0.5) is 4.79 Å². The van der Waals surface area contributed by atoms with E-state index in [1.54, 1.807) is 4.90 Å². The number of hydrogen-bond acceptors (Lipinski definition) is 6. The van der Waals surface area contributed by atoms with E-state index in [1.165, 1.54) is 0 Å². The Hall–Kier alpha value is -2.14. The molecular weight excluding hydrogens is 384 g/mol. The van der Waals surface area contributed by atoms with Crippen molar-refractivity contribution in [3.05, 3.63) is 0 Å². The number of hydrogen-bond donors (Lipinski definition) is 1. The number of nitrogens with one attached hydrogen (secondary N) is 1. The number of rotatable bonds is 6. The molecule has 1 unspecified atom stereocenters. The average molecular weight is 419 g/mol. The van der Waals surface area contributed by atoms with Gasteiger partial charge in [0, 0.05) is 52.0 Å². The van der Waals surface area contributed by atoms with E-state index in [4.69, 9.17) is 15.9 Å². The van der Waals surface area contributed by atoms with E-state index in [2.05, 4.69) is 21.5 Å². The van der Waals surface area contributed by atoms with Crippen LogP contribution in [0.25, 0.3) is 0 Å². The Morgan fingerprint density at radius 3 is 2.53 bits per heavy atom. The molecule has 1 spiro atoms. The summed E-state index contributed by atoms with van der Waals surface area (Å²) in [5, 5.41) is 11.4. The van der Waals surface area contributed by atoms with Crippen molar-refractivity contribution in [2.75, 3.05) is 26.3 Å². The summed E-state index contributed by atoms with van der Waals surface area (Å²) in [6.07, 6.45) is 9.81. The second kappa shape index (κ2) is 8.93. The lowest BCUT2D eigenvalue weighted by Crippen LogP contribution is -2.61. The Morgan fingerprint density at radius 2 is 1.93 bits per heavy atom. The molecule has 0 aromatic heterocycles. The molecule has 8 nitrogen and oxygen atoms in total. The van der Waals surface area contributed by atoms with Crippen molar-refractivity contribution in [3.8, 4) is 12.3 Å². The molecule has 1 N–H and O–H groups in total. The highest BCUT2D eigenvalue weighted by Gasteiger charge is 2.46. The fourth-order valence-corrected chi connectivity index (χ4v) is 4.35. The predicted octanol–water partition coefficient (Wildman–Crippen LogP) is 3.26. The standard InChI is InChI=1S/C22H34N4O4/c1-5-6-8-22(24-25-22)9-7-18(27)23-17-16-26(19(28)30-20(2,3)4)13-10-21(17)11-14-29-15-12-21/h1,17H,6-16H2,2-4H3,(H,23,27). The van der Waals surface area contributed by atoms with Gasteiger partial charge in [0.25, 0.3) is 0 Å². The molecule has 0 radical (unpaired) electrons. The summed E-state index contributed by atoms with van der Waals surface area (Å²) in [7, 11) is 0. The molecule has 1 atom stereocenters. The molecule has 3 rings (SSSR count). The maximum Gasteiger partial charge on any atom is 0.410 e. The lowest BCUT2D eigenvalue weighted by atomic mass is 9.69. The average Bonchev–Trinajstić information content (AvgIpc) is 3.46. The highest BCUT2D eigenvalue weighted by atomic mass is 16.6. The van der Waals surface area contributed by atoms with E-state index in [1.807, 2.05) is 20.8 Å². The van der Waals surface area contributed by atoms with E-state index in [0.29, 0.717) is 52.0 Å². The van der Waals surface area contributed by atoms with Gasteiger partial charge in [0.1, 0.15) is 5.60 Å². The molecule has 8 heteroatoms. The second-order valence-electron chi connectivity index (χ2n) is 9.66. The molecule has 0 saturated carbocycles. The molecule has 2 fully saturated rings. The van der Waals surface area contributed by atoms with Crippen LogP contribution in [0.2, 0.25) is 0 Å². The van der Waals surface area contributed by atoms with Crippen molar-refractivity contribution in [1.82, 2.24) is 10.2 Å².